The first kappa shape index (κ1) is 19.9. The third-order valence-corrected chi connectivity index (χ3v) is 3.94. The van der Waals surface area contributed by atoms with Crippen LogP contribution in [-0.2, 0) is 22.7 Å². The van der Waals surface area contributed by atoms with Gasteiger partial charge in [-0.25, -0.2) is 9.59 Å². The van der Waals surface area contributed by atoms with Crippen molar-refractivity contribution in [2.24, 2.45) is 0 Å². The van der Waals surface area contributed by atoms with E-state index in [-0.39, 0.29) is 13.2 Å². The van der Waals surface area contributed by atoms with Crippen molar-refractivity contribution in [2.75, 3.05) is 5.32 Å². The van der Waals surface area contributed by atoms with Gasteiger partial charge < -0.3 is 14.8 Å². The first-order valence-electron chi connectivity index (χ1n) is 9.07. The van der Waals surface area contributed by atoms with Crippen molar-refractivity contribution in [3.63, 3.8) is 0 Å². The zero-order chi connectivity index (χ0) is 20.3. The van der Waals surface area contributed by atoms with Gasteiger partial charge in [0.25, 0.3) is 0 Å². The number of carbonyl (C=O) groups excluding carboxylic acids is 2. The lowest BCUT2D eigenvalue weighted by atomic mass is 10.2. The number of hydrogen-bond donors (Lipinski definition) is 2. The SMILES string of the molecule is O=C(N[CH]c1ccc(NC(=O)OCc2ccccc2)cc1)OCc1ccccc1. The van der Waals surface area contributed by atoms with Crippen LogP contribution < -0.4 is 10.6 Å². The van der Waals surface area contributed by atoms with E-state index >= 15 is 0 Å². The minimum atomic E-state index is -0.541. The Labute approximate surface area is 169 Å². The van der Waals surface area contributed by atoms with Crippen LogP contribution in [0.1, 0.15) is 16.7 Å². The maximum atomic E-state index is 11.9. The molecule has 0 bridgehead atoms. The van der Waals surface area contributed by atoms with E-state index in [1.165, 1.54) is 6.54 Å². The maximum Gasteiger partial charge on any atom is 0.411 e. The molecule has 0 unspecified atom stereocenters. The Balaban J connectivity index is 1.38. The van der Waals surface area contributed by atoms with E-state index in [9.17, 15) is 9.59 Å². The Hall–Kier alpha value is -3.80. The van der Waals surface area contributed by atoms with Crippen LogP contribution in [0.4, 0.5) is 15.3 Å². The zero-order valence-corrected chi connectivity index (χ0v) is 15.7. The predicted molar refractivity (Wildman–Crippen MR) is 110 cm³/mol. The first-order chi connectivity index (χ1) is 14.2. The number of rotatable bonds is 7. The number of benzene rings is 3. The summed E-state index contributed by atoms with van der Waals surface area (Å²) in [4.78, 5) is 23.6. The van der Waals surface area contributed by atoms with Crippen molar-refractivity contribution in [3.05, 3.63) is 108 Å². The summed E-state index contributed by atoms with van der Waals surface area (Å²) >= 11 is 0. The largest absolute Gasteiger partial charge is 0.445 e. The van der Waals surface area contributed by atoms with Gasteiger partial charge in [-0.3, -0.25) is 5.32 Å². The molecule has 0 aromatic heterocycles. The molecule has 0 heterocycles. The molecule has 1 radical (unpaired) electrons. The van der Waals surface area contributed by atoms with Crippen LogP contribution >= 0.6 is 0 Å². The summed E-state index contributed by atoms with van der Waals surface area (Å²) in [6, 6.07) is 25.8. The second kappa shape index (κ2) is 10.5. The highest BCUT2D eigenvalue weighted by molar-refractivity contribution is 5.84. The molecule has 2 amide bonds. The number of nitrogens with one attached hydrogen (secondary N) is 2. The third kappa shape index (κ3) is 7.03. The van der Waals surface area contributed by atoms with Crippen LogP contribution in [0.2, 0.25) is 0 Å². The van der Waals surface area contributed by atoms with Crippen molar-refractivity contribution in [1.82, 2.24) is 5.32 Å². The molecule has 147 valence electrons. The van der Waals surface area contributed by atoms with Crippen LogP contribution in [0.25, 0.3) is 0 Å². The summed E-state index contributed by atoms with van der Waals surface area (Å²) in [5.74, 6) is 0. The van der Waals surface area contributed by atoms with Gasteiger partial charge in [-0.05, 0) is 28.8 Å². The lowest BCUT2D eigenvalue weighted by Gasteiger charge is -2.09. The summed E-state index contributed by atoms with van der Waals surface area (Å²) < 4.78 is 10.3. The van der Waals surface area contributed by atoms with E-state index in [1.807, 2.05) is 60.7 Å². The molecular formula is C23H21N2O4. The lowest BCUT2D eigenvalue weighted by Crippen LogP contribution is -2.22. The minimum Gasteiger partial charge on any atom is -0.445 e. The molecule has 6 heteroatoms. The Kier molecular flexibility index (Phi) is 7.23. The molecule has 0 aliphatic carbocycles. The molecule has 0 fully saturated rings. The molecule has 3 aromatic rings. The Morgan fingerprint density at radius 2 is 1.21 bits per heavy atom. The third-order valence-electron chi connectivity index (χ3n) is 3.94. The van der Waals surface area contributed by atoms with E-state index in [4.69, 9.17) is 9.47 Å². The van der Waals surface area contributed by atoms with Gasteiger partial charge in [-0.15, -0.1) is 0 Å². The van der Waals surface area contributed by atoms with E-state index in [2.05, 4.69) is 10.6 Å². The molecule has 29 heavy (non-hydrogen) atoms. The van der Waals surface area contributed by atoms with Gasteiger partial charge in [-0.1, -0.05) is 72.8 Å². The van der Waals surface area contributed by atoms with Crippen molar-refractivity contribution < 1.29 is 19.1 Å². The van der Waals surface area contributed by atoms with Crippen molar-refractivity contribution in [1.29, 1.82) is 0 Å². The van der Waals surface area contributed by atoms with E-state index in [1.54, 1.807) is 24.3 Å². The first-order valence-corrected chi connectivity index (χ1v) is 9.07. The smallest absolute Gasteiger partial charge is 0.411 e. The monoisotopic (exact) mass is 389 g/mol. The highest BCUT2D eigenvalue weighted by atomic mass is 16.6. The second-order valence-electron chi connectivity index (χ2n) is 6.16. The molecular weight excluding hydrogens is 368 g/mol. The summed E-state index contributed by atoms with van der Waals surface area (Å²) in [6.45, 7) is 1.94. The van der Waals surface area contributed by atoms with Crippen molar-refractivity contribution in [3.8, 4) is 0 Å². The standard InChI is InChI=1S/C23H21N2O4/c26-22(28-16-19-7-3-1-4-8-19)24-15-18-11-13-21(14-12-18)25-23(27)29-17-20-9-5-2-6-10-20/h1-15H,16-17H2,(H,24,26)(H,25,27). The number of amides is 2. The molecule has 2 N–H and O–H groups in total. The van der Waals surface area contributed by atoms with Crippen LogP contribution in [0.3, 0.4) is 0 Å². The molecule has 0 aliphatic heterocycles. The number of ether oxygens (including phenoxy) is 2. The highest BCUT2D eigenvalue weighted by Crippen LogP contribution is 2.11. The van der Waals surface area contributed by atoms with Crippen LogP contribution in [0, 0.1) is 6.54 Å². The fraction of sp³-hybridized carbons (Fsp3) is 0.0870. The molecule has 0 aliphatic rings. The van der Waals surface area contributed by atoms with Crippen LogP contribution in [0.15, 0.2) is 84.9 Å². The normalized spacial score (nSPS) is 10.1. The van der Waals surface area contributed by atoms with E-state index in [0.717, 1.165) is 16.7 Å². The topological polar surface area (TPSA) is 76.7 Å². The average Bonchev–Trinajstić information content (AvgIpc) is 2.77. The maximum absolute atomic E-state index is 11.9. The number of alkyl carbamates (subject to hydrolysis) is 1. The predicted octanol–water partition coefficient (Wildman–Crippen LogP) is 4.87. The quantitative estimate of drug-likeness (QED) is 0.604. The van der Waals surface area contributed by atoms with E-state index < -0.39 is 12.2 Å². The van der Waals surface area contributed by atoms with Crippen LogP contribution in [-0.4, -0.2) is 12.2 Å². The molecule has 3 aromatic carbocycles. The Morgan fingerprint density at radius 1 is 0.690 bits per heavy atom. The fourth-order valence-corrected chi connectivity index (χ4v) is 2.45. The van der Waals surface area contributed by atoms with Gasteiger partial charge in [0.05, 0.1) is 6.54 Å². The summed E-state index contributed by atoms with van der Waals surface area (Å²) in [6.07, 6.45) is -1.08. The van der Waals surface area contributed by atoms with Crippen molar-refractivity contribution >= 4 is 17.9 Å². The Bertz CT molecular complexity index is 913. The van der Waals surface area contributed by atoms with E-state index in [0.29, 0.717) is 5.69 Å². The Morgan fingerprint density at radius 3 is 1.76 bits per heavy atom. The fourth-order valence-electron chi connectivity index (χ4n) is 2.45. The summed E-state index contributed by atoms with van der Waals surface area (Å²) in [7, 11) is 0. The molecule has 0 saturated heterocycles. The minimum absolute atomic E-state index is 0.202. The average molecular weight is 389 g/mol. The van der Waals surface area contributed by atoms with Gasteiger partial charge in [-0.2, -0.15) is 0 Å². The lowest BCUT2D eigenvalue weighted by molar-refractivity contribution is 0.142. The molecule has 0 saturated carbocycles. The van der Waals surface area contributed by atoms with Crippen LogP contribution in [0.5, 0.6) is 0 Å². The van der Waals surface area contributed by atoms with Gasteiger partial charge in [0.1, 0.15) is 13.2 Å². The van der Waals surface area contributed by atoms with Crippen molar-refractivity contribution in [2.45, 2.75) is 13.2 Å². The zero-order valence-electron chi connectivity index (χ0n) is 15.7. The number of anilines is 1. The molecule has 0 spiro atoms. The summed E-state index contributed by atoms with van der Waals surface area (Å²) in [5, 5.41) is 5.23. The molecule has 6 nitrogen and oxygen atoms in total. The molecule has 0 atom stereocenters. The van der Waals surface area contributed by atoms with Gasteiger partial charge in [0.15, 0.2) is 0 Å². The highest BCUT2D eigenvalue weighted by Gasteiger charge is 2.06. The van der Waals surface area contributed by atoms with Gasteiger partial charge in [0.2, 0.25) is 0 Å². The number of carbonyl (C=O) groups is 2. The number of hydrogen-bond acceptors (Lipinski definition) is 4. The summed E-state index contributed by atoms with van der Waals surface area (Å²) in [5.41, 5.74) is 3.17. The molecule has 3 rings (SSSR count). The van der Waals surface area contributed by atoms with Gasteiger partial charge >= 0.3 is 12.2 Å². The van der Waals surface area contributed by atoms with Gasteiger partial charge in [0, 0.05) is 5.69 Å². The second-order valence-corrected chi connectivity index (χ2v) is 6.16.